The van der Waals surface area contributed by atoms with Gasteiger partial charge in [0.05, 0.1) is 0 Å². The maximum Gasteiger partial charge on any atom is 0.0364 e. The Morgan fingerprint density at radius 2 is 1.47 bits per heavy atom. The average molecular weight is 254 g/mol. The van der Waals surface area contributed by atoms with Gasteiger partial charge in [-0.25, -0.2) is 0 Å². The Labute approximate surface area is 116 Å². The fraction of sp³-hybridized carbons (Fsp3) is 0.294. The minimum Gasteiger partial charge on any atom is -0.373 e. The molecular formula is C17H22N2. The second-order valence-corrected chi connectivity index (χ2v) is 4.74. The third-order valence-corrected chi connectivity index (χ3v) is 3.25. The fourth-order valence-electron chi connectivity index (χ4n) is 2.06. The molecule has 0 saturated carbocycles. The van der Waals surface area contributed by atoms with Crippen LogP contribution in [0.3, 0.4) is 0 Å². The Bertz CT molecular complexity index is 453. The summed E-state index contributed by atoms with van der Waals surface area (Å²) in [4.78, 5) is 2.27. The van der Waals surface area contributed by atoms with Crippen molar-refractivity contribution in [2.75, 3.05) is 31.6 Å². The first kappa shape index (κ1) is 13.6. The first-order valence-corrected chi connectivity index (χ1v) is 6.87. The number of likely N-dealkylation sites (N-methyl/N-ethyl adjacent to an activating group) is 1. The molecule has 2 heteroatoms. The molecule has 0 heterocycles. The molecule has 0 aliphatic carbocycles. The summed E-state index contributed by atoms with van der Waals surface area (Å²) in [6.07, 6.45) is 1.09. The van der Waals surface area contributed by atoms with Crippen molar-refractivity contribution in [2.45, 2.75) is 6.42 Å². The van der Waals surface area contributed by atoms with Crippen LogP contribution in [0, 0.1) is 0 Å². The molecule has 0 fully saturated rings. The van der Waals surface area contributed by atoms with Gasteiger partial charge in [-0.1, -0.05) is 48.5 Å². The van der Waals surface area contributed by atoms with E-state index in [9.17, 15) is 0 Å². The lowest BCUT2D eigenvalue weighted by Crippen LogP contribution is -2.30. The van der Waals surface area contributed by atoms with Gasteiger partial charge in [0.2, 0.25) is 0 Å². The third-order valence-electron chi connectivity index (χ3n) is 3.25. The lowest BCUT2D eigenvalue weighted by molar-refractivity contribution is 0.675. The van der Waals surface area contributed by atoms with E-state index in [0.29, 0.717) is 0 Å². The normalized spacial score (nSPS) is 10.4. The van der Waals surface area contributed by atoms with Crippen LogP contribution in [0.4, 0.5) is 5.69 Å². The summed E-state index contributed by atoms with van der Waals surface area (Å²) >= 11 is 0. The van der Waals surface area contributed by atoms with Gasteiger partial charge in [0, 0.05) is 25.8 Å². The van der Waals surface area contributed by atoms with Crippen molar-refractivity contribution in [1.29, 1.82) is 0 Å². The Kier molecular flexibility index (Phi) is 5.45. The predicted octanol–water partition coefficient (Wildman–Crippen LogP) is 2.96. The zero-order valence-corrected chi connectivity index (χ0v) is 11.5. The SMILES string of the molecule is CN(CCNCCc1ccccc1)c1ccccc1. The van der Waals surface area contributed by atoms with Crippen molar-refractivity contribution < 1.29 is 0 Å². The standard InChI is InChI=1S/C17H22N2/c1-19(17-10-6-3-7-11-17)15-14-18-13-12-16-8-4-2-5-9-16/h2-11,18H,12-15H2,1H3. The summed E-state index contributed by atoms with van der Waals surface area (Å²) in [7, 11) is 2.13. The maximum atomic E-state index is 3.49. The molecule has 0 saturated heterocycles. The highest BCUT2D eigenvalue weighted by Crippen LogP contribution is 2.09. The highest BCUT2D eigenvalue weighted by Gasteiger charge is 1.98. The van der Waals surface area contributed by atoms with Crippen LogP contribution in [0.25, 0.3) is 0 Å². The topological polar surface area (TPSA) is 15.3 Å². The molecule has 0 aliphatic heterocycles. The van der Waals surface area contributed by atoms with Gasteiger partial charge in [0.1, 0.15) is 0 Å². The summed E-state index contributed by atoms with van der Waals surface area (Å²) in [5, 5.41) is 3.49. The monoisotopic (exact) mass is 254 g/mol. The van der Waals surface area contributed by atoms with E-state index in [1.165, 1.54) is 11.3 Å². The molecule has 0 aromatic heterocycles. The van der Waals surface area contributed by atoms with Gasteiger partial charge < -0.3 is 10.2 Å². The second-order valence-electron chi connectivity index (χ2n) is 4.74. The number of hydrogen-bond donors (Lipinski definition) is 1. The highest BCUT2D eigenvalue weighted by molar-refractivity contribution is 5.44. The Morgan fingerprint density at radius 3 is 2.16 bits per heavy atom. The lowest BCUT2D eigenvalue weighted by Gasteiger charge is -2.19. The Balaban J connectivity index is 1.62. The molecule has 0 unspecified atom stereocenters. The molecule has 100 valence electrons. The zero-order valence-electron chi connectivity index (χ0n) is 11.5. The van der Waals surface area contributed by atoms with E-state index in [1.807, 2.05) is 0 Å². The maximum absolute atomic E-state index is 3.49. The molecule has 2 aromatic carbocycles. The van der Waals surface area contributed by atoms with Crippen LogP contribution in [0.2, 0.25) is 0 Å². The van der Waals surface area contributed by atoms with E-state index in [2.05, 4.69) is 77.9 Å². The van der Waals surface area contributed by atoms with Crippen molar-refractivity contribution in [3.8, 4) is 0 Å². The molecule has 1 N–H and O–H groups in total. The van der Waals surface area contributed by atoms with Crippen molar-refractivity contribution in [3.05, 3.63) is 66.2 Å². The van der Waals surface area contributed by atoms with Crippen LogP contribution in [0.15, 0.2) is 60.7 Å². The van der Waals surface area contributed by atoms with E-state index >= 15 is 0 Å². The molecule has 0 aliphatic rings. The molecule has 0 atom stereocenters. The van der Waals surface area contributed by atoms with Gasteiger partial charge in [-0.2, -0.15) is 0 Å². The molecule has 19 heavy (non-hydrogen) atoms. The number of hydrogen-bond acceptors (Lipinski definition) is 2. The van der Waals surface area contributed by atoms with Gasteiger partial charge in [-0.05, 0) is 30.7 Å². The minimum absolute atomic E-state index is 1.01. The molecule has 0 spiro atoms. The lowest BCUT2D eigenvalue weighted by atomic mass is 10.1. The fourth-order valence-corrected chi connectivity index (χ4v) is 2.06. The highest BCUT2D eigenvalue weighted by atomic mass is 15.1. The van der Waals surface area contributed by atoms with E-state index < -0.39 is 0 Å². The number of rotatable bonds is 7. The second kappa shape index (κ2) is 7.59. The number of anilines is 1. The van der Waals surface area contributed by atoms with Crippen LogP contribution in [0.5, 0.6) is 0 Å². The summed E-state index contributed by atoms with van der Waals surface area (Å²) in [6, 6.07) is 21.1. The van der Waals surface area contributed by atoms with Crippen molar-refractivity contribution in [3.63, 3.8) is 0 Å². The summed E-state index contributed by atoms with van der Waals surface area (Å²) in [5.74, 6) is 0. The van der Waals surface area contributed by atoms with Gasteiger partial charge in [0.15, 0.2) is 0 Å². The molecule has 0 radical (unpaired) electrons. The largest absolute Gasteiger partial charge is 0.373 e. The van der Waals surface area contributed by atoms with Gasteiger partial charge in [-0.3, -0.25) is 0 Å². The minimum atomic E-state index is 1.01. The van der Waals surface area contributed by atoms with Crippen molar-refractivity contribution >= 4 is 5.69 Å². The quantitative estimate of drug-likeness (QED) is 0.764. The Hall–Kier alpha value is -1.80. The molecule has 2 rings (SSSR count). The van der Waals surface area contributed by atoms with Crippen LogP contribution in [-0.4, -0.2) is 26.7 Å². The molecule has 0 amide bonds. The number of benzene rings is 2. The van der Waals surface area contributed by atoms with Crippen LogP contribution >= 0.6 is 0 Å². The van der Waals surface area contributed by atoms with Crippen molar-refractivity contribution in [1.82, 2.24) is 5.32 Å². The van der Waals surface area contributed by atoms with Gasteiger partial charge >= 0.3 is 0 Å². The first-order chi connectivity index (χ1) is 9.36. The van der Waals surface area contributed by atoms with E-state index in [1.54, 1.807) is 0 Å². The smallest absolute Gasteiger partial charge is 0.0364 e. The predicted molar refractivity (Wildman–Crippen MR) is 82.7 cm³/mol. The van der Waals surface area contributed by atoms with Gasteiger partial charge in [0.25, 0.3) is 0 Å². The molecule has 2 aromatic rings. The number of para-hydroxylation sites is 1. The first-order valence-electron chi connectivity index (χ1n) is 6.87. The Morgan fingerprint density at radius 1 is 0.842 bits per heavy atom. The molecule has 0 bridgehead atoms. The third kappa shape index (κ3) is 4.76. The van der Waals surface area contributed by atoms with Crippen LogP contribution < -0.4 is 10.2 Å². The van der Waals surface area contributed by atoms with E-state index in [-0.39, 0.29) is 0 Å². The summed E-state index contributed by atoms with van der Waals surface area (Å²) < 4.78 is 0. The average Bonchev–Trinajstić information content (AvgIpc) is 2.49. The summed E-state index contributed by atoms with van der Waals surface area (Å²) in [6.45, 7) is 3.07. The van der Waals surface area contributed by atoms with Crippen LogP contribution in [0.1, 0.15) is 5.56 Å². The van der Waals surface area contributed by atoms with E-state index in [0.717, 1.165) is 26.1 Å². The van der Waals surface area contributed by atoms with Gasteiger partial charge in [-0.15, -0.1) is 0 Å². The molecular weight excluding hydrogens is 232 g/mol. The van der Waals surface area contributed by atoms with Crippen molar-refractivity contribution in [2.24, 2.45) is 0 Å². The summed E-state index contributed by atoms with van der Waals surface area (Å²) in [5.41, 5.74) is 2.67. The number of nitrogens with zero attached hydrogens (tertiary/aromatic N) is 1. The van der Waals surface area contributed by atoms with Crippen LogP contribution in [-0.2, 0) is 6.42 Å². The number of nitrogens with one attached hydrogen (secondary N) is 1. The molecule has 2 nitrogen and oxygen atoms in total. The zero-order chi connectivity index (χ0) is 13.3. The van der Waals surface area contributed by atoms with E-state index in [4.69, 9.17) is 0 Å².